The fraction of sp³-hybridized carbons (Fsp3) is 0.348. The van der Waals surface area contributed by atoms with Crippen LogP contribution < -0.4 is 15.4 Å². The average molecular weight is 415 g/mol. The first-order valence-electron chi connectivity index (χ1n) is 10.2. The molecule has 156 valence electrons. The number of anilines is 1. The number of fused-ring (bicyclic) bond motifs is 2. The maximum Gasteiger partial charge on any atom is 0.251 e. The summed E-state index contributed by atoms with van der Waals surface area (Å²) in [6, 6.07) is 10.7. The van der Waals surface area contributed by atoms with Crippen LogP contribution in [0.4, 0.5) is 5.69 Å². The van der Waals surface area contributed by atoms with Gasteiger partial charge in [-0.2, -0.15) is 10.5 Å². The molecule has 2 heterocycles. The lowest BCUT2D eigenvalue weighted by molar-refractivity contribution is -0.122. The van der Waals surface area contributed by atoms with Crippen molar-refractivity contribution in [3.05, 3.63) is 52.7 Å². The van der Waals surface area contributed by atoms with Gasteiger partial charge in [0.2, 0.25) is 11.8 Å². The zero-order valence-corrected chi connectivity index (χ0v) is 17.1. The summed E-state index contributed by atoms with van der Waals surface area (Å²) in [4.78, 5) is 29.3. The van der Waals surface area contributed by atoms with E-state index in [1.807, 2.05) is 25.1 Å². The smallest absolute Gasteiger partial charge is 0.251 e. The summed E-state index contributed by atoms with van der Waals surface area (Å²) in [6.45, 7) is 2.39. The zero-order chi connectivity index (χ0) is 22.0. The lowest BCUT2D eigenvalue weighted by atomic mass is 9.69. The highest BCUT2D eigenvalue weighted by Gasteiger charge is 2.49. The van der Waals surface area contributed by atoms with Gasteiger partial charge in [0, 0.05) is 24.0 Å². The van der Waals surface area contributed by atoms with Crippen LogP contribution in [0, 0.1) is 22.7 Å². The number of amides is 2. The Morgan fingerprint density at radius 3 is 2.74 bits per heavy atom. The number of ether oxygens (including phenoxy) is 1. The van der Waals surface area contributed by atoms with Crippen LogP contribution in [-0.2, 0) is 10.2 Å². The second-order valence-corrected chi connectivity index (χ2v) is 7.77. The van der Waals surface area contributed by atoms with Crippen molar-refractivity contribution in [3.63, 3.8) is 0 Å². The topological polar surface area (TPSA) is 128 Å². The van der Waals surface area contributed by atoms with Gasteiger partial charge in [0.15, 0.2) is 0 Å². The summed E-state index contributed by atoms with van der Waals surface area (Å²) in [5.74, 6) is -0.00630. The predicted molar refractivity (Wildman–Crippen MR) is 111 cm³/mol. The Hall–Kier alpha value is -3.91. The molecule has 0 unspecified atom stereocenters. The SMILES string of the molecule is CCNC(=O)c1ccc2c(c1)C1(CCC(Oc3ncc(C#N)cc3C#N)CC1)C(=O)N2. The number of hydrogen-bond acceptors (Lipinski definition) is 6. The fourth-order valence-corrected chi connectivity index (χ4v) is 4.36. The van der Waals surface area contributed by atoms with Gasteiger partial charge in [0.05, 0.1) is 11.0 Å². The first-order valence-corrected chi connectivity index (χ1v) is 10.2. The quantitative estimate of drug-likeness (QED) is 0.790. The Balaban J connectivity index is 1.53. The summed E-state index contributed by atoms with van der Waals surface area (Å²) < 4.78 is 5.96. The lowest BCUT2D eigenvalue weighted by Gasteiger charge is -2.35. The van der Waals surface area contributed by atoms with Crippen LogP contribution in [0.2, 0.25) is 0 Å². The molecule has 0 radical (unpaired) electrons. The highest BCUT2D eigenvalue weighted by atomic mass is 16.5. The van der Waals surface area contributed by atoms with Gasteiger partial charge >= 0.3 is 0 Å². The normalized spacial score (nSPS) is 21.5. The molecule has 8 heteroatoms. The van der Waals surface area contributed by atoms with E-state index in [2.05, 4.69) is 15.6 Å². The second kappa shape index (κ2) is 8.08. The minimum Gasteiger partial charge on any atom is -0.473 e. The number of aromatic nitrogens is 1. The number of nitrogens with one attached hydrogen (secondary N) is 2. The summed E-state index contributed by atoms with van der Waals surface area (Å²) in [5.41, 5.74) is 1.97. The van der Waals surface area contributed by atoms with Crippen LogP contribution in [0.5, 0.6) is 5.88 Å². The van der Waals surface area contributed by atoms with Gasteiger partial charge in [-0.15, -0.1) is 0 Å². The number of benzene rings is 1. The third-order valence-electron chi connectivity index (χ3n) is 5.98. The molecule has 0 bridgehead atoms. The molecule has 2 amide bonds. The number of nitrogens with zero attached hydrogens (tertiary/aromatic N) is 3. The molecule has 1 saturated carbocycles. The van der Waals surface area contributed by atoms with Crippen LogP contribution >= 0.6 is 0 Å². The Morgan fingerprint density at radius 1 is 1.29 bits per heavy atom. The molecule has 31 heavy (non-hydrogen) atoms. The van der Waals surface area contributed by atoms with E-state index in [4.69, 9.17) is 10.00 Å². The monoisotopic (exact) mass is 415 g/mol. The molecule has 1 fully saturated rings. The highest BCUT2D eigenvalue weighted by Crippen LogP contribution is 2.48. The molecule has 1 aliphatic carbocycles. The molecule has 1 aromatic heterocycles. The van der Waals surface area contributed by atoms with Crippen molar-refractivity contribution in [3.8, 4) is 18.0 Å². The number of hydrogen-bond donors (Lipinski definition) is 2. The van der Waals surface area contributed by atoms with Crippen molar-refractivity contribution in [1.82, 2.24) is 10.3 Å². The van der Waals surface area contributed by atoms with Crippen LogP contribution in [0.3, 0.4) is 0 Å². The molecule has 0 atom stereocenters. The van der Waals surface area contributed by atoms with E-state index in [1.165, 1.54) is 12.3 Å². The van der Waals surface area contributed by atoms with Crippen molar-refractivity contribution in [2.45, 2.75) is 44.1 Å². The van der Waals surface area contributed by atoms with Crippen molar-refractivity contribution >= 4 is 17.5 Å². The molecular formula is C23H21N5O3. The Bertz CT molecular complexity index is 1140. The summed E-state index contributed by atoms with van der Waals surface area (Å²) in [7, 11) is 0. The third-order valence-corrected chi connectivity index (χ3v) is 5.98. The van der Waals surface area contributed by atoms with Gasteiger partial charge in [-0.1, -0.05) is 0 Å². The van der Waals surface area contributed by atoms with Gasteiger partial charge in [-0.3, -0.25) is 9.59 Å². The summed E-state index contributed by atoms with van der Waals surface area (Å²) in [6.07, 6.45) is 3.52. The Kier molecular flexibility index (Phi) is 5.31. The zero-order valence-electron chi connectivity index (χ0n) is 17.1. The minimum absolute atomic E-state index is 0.0526. The van der Waals surface area contributed by atoms with Gasteiger partial charge in [0.25, 0.3) is 5.91 Å². The number of rotatable bonds is 4. The molecule has 2 aromatic rings. The summed E-state index contributed by atoms with van der Waals surface area (Å²) in [5, 5.41) is 24.0. The third kappa shape index (κ3) is 3.57. The highest BCUT2D eigenvalue weighted by molar-refractivity contribution is 6.07. The largest absolute Gasteiger partial charge is 0.473 e. The molecule has 1 spiro atoms. The van der Waals surface area contributed by atoms with E-state index >= 15 is 0 Å². The number of carbonyl (C=O) groups excluding carboxylic acids is 2. The number of pyridine rings is 1. The van der Waals surface area contributed by atoms with E-state index in [0.717, 1.165) is 11.3 Å². The maximum absolute atomic E-state index is 12.9. The first kappa shape index (κ1) is 20.4. The molecule has 1 aromatic carbocycles. The van der Waals surface area contributed by atoms with Crippen LogP contribution in [0.1, 0.15) is 59.7 Å². The Morgan fingerprint density at radius 2 is 2.06 bits per heavy atom. The van der Waals surface area contributed by atoms with Gasteiger partial charge in [0.1, 0.15) is 23.8 Å². The molecule has 4 rings (SSSR count). The standard InChI is InChI=1S/C23H21N5O3/c1-2-26-20(29)15-3-4-19-18(10-15)23(22(30)28-19)7-5-17(6-8-23)31-21-16(12-25)9-14(11-24)13-27-21/h3-4,9-10,13,17H,2,5-8H2,1H3,(H,26,29)(H,28,30). The van der Waals surface area contributed by atoms with Gasteiger partial charge in [-0.25, -0.2) is 4.98 Å². The van der Waals surface area contributed by atoms with Crippen molar-refractivity contribution in [1.29, 1.82) is 10.5 Å². The van der Waals surface area contributed by atoms with Crippen molar-refractivity contribution < 1.29 is 14.3 Å². The van der Waals surface area contributed by atoms with Crippen molar-refractivity contribution in [2.75, 3.05) is 11.9 Å². The predicted octanol–water partition coefficient (Wildman–Crippen LogP) is 2.79. The van der Waals surface area contributed by atoms with Crippen molar-refractivity contribution in [2.24, 2.45) is 0 Å². The molecule has 8 nitrogen and oxygen atoms in total. The van der Waals surface area contributed by atoms with E-state index < -0.39 is 5.41 Å². The lowest BCUT2D eigenvalue weighted by Crippen LogP contribution is -2.41. The van der Waals surface area contributed by atoms with Crippen LogP contribution in [0.25, 0.3) is 0 Å². The molecular weight excluding hydrogens is 394 g/mol. The first-order chi connectivity index (χ1) is 15.0. The molecule has 0 saturated heterocycles. The van der Waals surface area contributed by atoms with Gasteiger partial charge in [-0.05, 0) is 62.4 Å². The van der Waals surface area contributed by atoms with Gasteiger partial charge < -0.3 is 15.4 Å². The number of nitriles is 2. The summed E-state index contributed by atoms with van der Waals surface area (Å²) >= 11 is 0. The Labute approximate surface area is 179 Å². The van der Waals surface area contributed by atoms with Crippen LogP contribution in [0.15, 0.2) is 30.5 Å². The fourth-order valence-electron chi connectivity index (χ4n) is 4.36. The van der Waals surface area contributed by atoms with E-state index in [0.29, 0.717) is 43.4 Å². The average Bonchev–Trinajstić information content (AvgIpc) is 3.06. The molecule has 2 N–H and O–H groups in total. The minimum atomic E-state index is -0.687. The maximum atomic E-state index is 12.9. The molecule has 1 aliphatic heterocycles. The van der Waals surface area contributed by atoms with E-state index in [-0.39, 0.29) is 29.4 Å². The molecule has 2 aliphatic rings. The van der Waals surface area contributed by atoms with E-state index in [9.17, 15) is 14.9 Å². The number of carbonyl (C=O) groups is 2. The van der Waals surface area contributed by atoms with Crippen LogP contribution in [-0.4, -0.2) is 29.4 Å². The van der Waals surface area contributed by atoms with E-state index in [1.54, 1.807) is 12.1 Å². The second-order valence-electron chi connectivity index (χ2n) is 7.77.